The molecule has 0 bridgehead atoms. The Balaban J connectivity index is 1.79. The number of carbonyl (C=O) groups excluding carboxylic acids is 1. The van der Waals surface area contributed by atoms with E-state index in [0.717, 1.165) is 17.2 Å². The molecule has 0 saturated heterocycles. The number of nitrogens with one attached hydrogen (secondary N) is 2. The number of urea groups is 1. The van der Waals surface area contributed by atoms with E-state index in [-0.39, 0.29) is 16.3 Å². The molecule has 3 aromatic carbocycles. The van der Waals surface area contributed by atoms with E-state index in [1.165, 1.54) is 24.3 Å². The van der Waals surface area contributed by atoms with Gasteiger partial charge >= 0.3 is 22.1 Å². The highest BCUT2D eigenvalue weighted by Crippen LogP contribution is 2.27. The lowest BCUT2D eigenvalue weighted by molar-refractivity contribution is 0.0695. The number of aromatic carboxylic acids is 1. The van der Waals surface area contributed by atoms with E-state index in [1.54, 1.807) is 31.2 Å². The van der Waals surface area contributed by atoms with Gasteiger partial charge in [0.1, 0.15) is 10.5 Å². The van der Waals surface area contributed by atoms with Crippen molar-refractivity contribution in [3.05, 3.63) is 83.4 Å². The van der Waals surface area contributed by atoms with E-state index in [9.17, 15) is 23.1 Å². The number of hydrogen-bond donors (Lipinski definition) is 3. The molecule has 9 heteroatoms. The molecule has 0 spiro atoms. The molecular weight excluding hydrogens is 420 g/mol. The summed E-state index contributed by atoms with van der Waals surface area (Å²) in [6.45, 7) is 3.72. The zero-order valence-electron chi connectivity index (χ0n) is 16.7. The molecule has 2 amide bonds. The Bertz CT molecular complexity index is 1220. The maximum atomic E-state index is 12.5. The summed E-state index contributed by atoms with van der Waals surface area (Å²) in [6.07, 6.45) is 0. The average molecular weight is 440 g/mol. The van der Waals surface area contributed by atoms with Crippen LogP contribution >= 0.6 is 0 Å². The van der Waals surface area contributed by atoms with E-state index in [4.69, 9.17) is 4.18 Å². The summed E-state index contributed by atoms with van der Waals surface area (Å²) in [7, 11) is -4.23. The molecule has 0 atom stereocenters. The van der Waals surface area contributed by atoms with Crippen molar-refractivity contribution in [2.45, 2.75) is 18.7 Å². The molecule has 0 fully saturated rings. The van der Waals surface area contributed by atoms with Gasteiger partial charge in [-0.15, -0.1) is 0 Å². The molecule has 3 aromatic rings. The van der Waals surface area contributed by atoms with Crippen LogP contribution in [0.15, 0.2) is 71.6 Å². The summed E-state index contributed by atoms with van der Waals surface area (Å²) in [5.41, 5.74) is 2.20. The Morgan fingerprint density at radius 3 is 1.90 bits per heavy atom. The zero-order chi connectivity index (χ0) is 22.6. The summed E-state index contributed by atoms with van der Waals surface area (Å²) in [5, 5.41) is 14.6. The third-order valence-electron chi connectivity index (χ3n) is 4.29. The first-order valence-electron chi connectivity index (χ1n) is 9.17. The topological polar surface area (TPSA) is 122 Å². The van der Waals surface area contributed by atoms with Crippen molar-refractivity contribution < 1.29 is 27.3 Å². The van der Waals surface area contributed by atoms with Gasteiger partial charge < -0.3 is 19.9 Å². The van der Waals surface area contributed by atoms with Gasteiger partial charge in [0.05, 0.1) is 0 Å². The molecule has 3 rings (SSSR count). The smallest absolute Gasteiger partial charge is 0.339 e. The van der Waals surface area contributed by atoms with Gasteiger partial charge in [0.2, 0.25) is 0 Å². The lowest BCUT2D eigenvalue weighted by Crippen LogP contribution is -2.20. The normalized spacial score (nSPS) is 10.9. The van der Waals surface area contributed by atoms with Crippen molar-refractivity contribution in [3.8, 4) is 5.75 Å². The molecule has 160 valence electrons. The number of hydrogen-bond acceptors (Lipinski definition) is 5. The first kappa shape index (κ1) is 21.8. The Kier molecular flexibility index (Phi) is 6.26. The highest BCUT2D eigenvalue weighted by molar-refractivity contribution is 7.87. The van der Waals surface area contributed by atoms with Gasteiger partial charge in [-0.25, -0.2) is 9.59 Å². The van der Waals surface area contributed by atoms with Crippen LogP contribution in [0.25, 0.3) is 0 Å². The van der Waals surface area contributed by atoms with Gasteiger partial charge in [0, 0.05) is 11.4 Å². The van der Waals surface area contributed by atoms with Crippen LogP contribution in [0.4, 0.5) is 16.2 Å². The maximum Gasteiger partial charge on any atom is 0.339 e. The van der Waals surface area contributed by atoms with Crippen molar-refractivity contribution in [2.24, 2.45) is 0 Å². The molecule has 0 aliphatic rings. The van der Waals surface area contributed by atoms with Gasteiger partial charge in [-0.3, -0.25) is 0 Å². The largest absolute Gasteiger partial charge is 0.478 e. The number of anilines is 2. The molecule has 0 aromatic heterocycles. The number of rotatable bonds is 6. The zero-order valence-corrected chi connectivity index (χ0v) is 17.6. The van der Waals surface area contributed by atoms with Crippen LogP contribution < -0.4 is 14.8 Å². The van der Waals surface area contributed by atoms with Crippen LogP contribution in [0.1, 0.15) is 21.5 Å². The molecule has 0 aliphatic heterocycles. The Hall–Kier alpha value is -3.85. The molecule has 31 heavy (non-hydrogen) atoms. The summed E-state index contributed by atoms with van der Waals surface area (Å²) < 4.78 is 30.0. The standard InChI is InChI=1S/C22H20N2O6S/c1-14-3-7-16(8-4-14)23-22(27)24-17-9-12-20(19(13-17)21(25)26)30-31(28,29)18-10-5-15(2)6-11-18/h3-13H,1-2H3,(H,25,26)(H2,23,24,27). The Labute approximate surface area is 179 Å². The Morgan fingerprint density at radius 1 is 0.806 bits per heavy atom. The van der Waals surface area contributed by atoms with Gasteiger partial charge in [-0.2, -0.15) is 8.42 Å². The molecule has 0 radical (unpaired) electrons. The highest BCUT2D eigenvalue weighted by Gasteiger charge is 2.21. The number of carbonyl (C=O) groups is 2. The van der Waals surface area contributed by atoms with E-state index in [1.807, 2.05) is 19.1 Å². The fourth-order valence-corrected chi connectivity index (χ4v) is 3.60. The number of aryl methyl sites for hydroxylation is 2. The van der Waals surface area contributed by atoms with Gasteiger partial charge in [-0.1, -0.05) is 35.4 Å². The van der Waals surface area contributed by atoms with E-state index in [0.29, 0.717) is 5.69 Å². The van der Waals surface area contributed by atoms with Crippen LogP contribution in [0.2, 0.25) is 0 Å². The second kappa shape index (κ2) is 8.88. The number of benzene rings is 3. The highest BCUT2D eigenvalue weighted by atomic mass is 32.2. The van der Waals surface area contributed by atoms with Crippen molar-refractivity contribution in [3.63, 3.8) is 0 Å². The first-order valence-corrected chi connectivity index (χ1v) is 10.6. The second-order valence-corrected chi connectivity index (χ2v) is 8.36. The predicted octanol–water partition coefficient (Wildman–Crippen LogP) is 4.41. The van der Waals surface area contributed by atoms with Gasteiger partial charge in [0.25, 0.3) is 0 Å². The van der Waals surface area contributed by atoms with Crippen LogP contribution in [-0.4, -0.2) is 25.5 Å². The fourth-order valence-electron chi connectivity index (χ4n) is 2.65. The Morgan fingerprint density at radius 2 is 1.32 bits per heavy atom. The van der Waals surface area contributed by atoms with Crippen molar-refractivity contribution in [1.29, 1.82) is 0 Å². The van der Waals surface area contributed by atoms with Gasteiger partial charge in [-0.05, 0) is 56.3 Å². The molecular formula is C22H20N2O6S. The number of amides is 2. The summed E-state index contributed by atoms with van der Waals surface area (Å²) in [6, 6.07) is 16.1. The lowest BCUT2D eigenvalue weighted by atomic mass is 10.2. The second-order valence-electron chi connectivity index (χ2n) is 6.81. The molecule has 0 saturated carbocycles. The van der Waals surface area contributed by atoms with Crippen molar-refractivity contribution >= 4 is 33.5 Å². The van der Waals surface area contributed by atoms with Crippen LogP contribution in [0.3, 0.4) is 0 Å². The third kappa shape index (κ3) is 5.61. The summed E-state index contributed by atoms with van der Waals surface area (Å²) in [5.74, 6) is -1.77. The number of carboxylic acid groups (broad SMARTS) is 1. The fraction of sp³-hybridized carbons (Fsp3) is 0.0909. The van der Waals surface area contributed by atoms with Crippen molar-refractivity contribution in [2.75, 3.05) is 10.6 Å². The minimum Gasteiger partial charge on any atom is -0.478 e. The molecule has 3 N–H and O–H groups in total. The van der Waals surface area contributed by atoms with Crippen LogP contribution in [-0.2, 0) is 10.1 Å². The van der Waals surface area contributed by atoms with Crippen molar-refractivity contribution in [1.82, 2.24) is 0 Å². The van der Waals surface area contributed by atoms with Crippen LogP contribution in [0, 0.1) is 13.8 Å². The minimum atomic E-state index is -4.23. The summed E-state index contributed by atoms with van der Waals surface area (Å²) >= 11 is 0. The lowest BCUT2D eigenvalue weighted by Gasteiger charge is -2.12. The molecule has 8 nitrogen and oxygen atoms in total. The SMILES string of the molecule is Cc1ccc(NC(=O)Nc2ccc(OS(=O)(=O)c3ccc(C)cc3)c(C(=O)O)c2)cc1. The molecule has 0 heterocycles. The number of carboxylic acids is 1. The van der Waals surface area contributed by atoms with E-state index in [2.05, 4.69) is 10.6 Å². The first-order chi connectivity index (χ1) is 14.6. The molecule has 0 unspecified atom stereocenters. The average Bonchev–Trinajstić information content (AvgIpc) is 2.71. The van der Waals surface area contributed by atoms with E-state index < -0.39 is 27.7 Å². The van der Waals surface area contributed by atoms with Crippen LogP contribution in [0.5, 0.6) is 5.75 Å². The third-order valence-corrected chi connectivity index (χ3v) is 5.53. The minimum absolute atomic E-state index is 0.103. The quantitative estimate of drug-likeness (QED) is 0.488. The van der Waals surface area contributed by atoms with E-state index >= 15 is 0 Å². The monoisotopic (exact) mass is 440 g/mol. The van der Waals surface area contributed by atoms with Gasteiger partial charge in [0.15, 0.2) is 5.75 Å². The molecule has 0 aliphatic carbocycles. The predicted molar refractivity (Wildman–Crippen MR) is 116 cm³/mol. The maximum absolute atomic E-state index is 12.5. The summed E-state index contributed by atoms with van der Waals surface area (Å²) in [4.78, 5) is 23.7.